The Morgan fingerprint density at radius 2 is 1.54 bits per heavy atom. The molecule has 1 aliphatic heterocycles. The van der Waals surface area contributed by atoms with Gasteiger partial charge in [-0.2, -0.15) is 0 Å². The molecule has 0 radical (unpaired) electrons. The third-order valence-electron chi connectivity index (χ3n) is 3.86. The van der Waals surface area contributed by atoms with Gasteiger partial charge in [0.25, 0.3) is 0 Å². The zero-order chi connectivity index (χ0) is 9.85. The fourth-order valence-electron chi connectivity index (χ4n) is 2.11. The first-order valence-corrected chi connectivity index (χ1v) is 5.19. The lowest BCUT2D eigenvalue weighted by Gasteiger charge is -2.58. The fourth-order valence-corrected chi connectivity index (χ4v) is 2.11. The van der Waals surface area contributed by atoms with Crippen LogP contribution in [0.25, 0.3) is 0 Å². The van der Waals surface area contributed by atoms with Crippen LogP contribution in [-0.4, -0.2) is 23.4 Å². The van der Waals surface area contributed by atoms with E-state index in [-0.39, 0.29) is 11.2 Å². The molecule has 0 aromatic carbocycles. The van der Waals surface area contributed by atoms with E-state index >= 15 is 0 Å². The lowest BCUT2D eigenvalue weighted by Crippen LogP contribution is -2.66. The van der Waals surface area contributed by atoms with Gasteiger partial charge < -0.3 is 9.47 Å². The summed E-state index contributed by atoms with van der Waals surface area (Å²) in [6.45, 7) is 10.7. The Bertz CT molecular complexity index is 220. The molecule has 3 unspecified atom stereocenters. The number of fused-ring (bicyclic) bond motifs is 1. The molecule has 1 saturated carbocycles. The van der Waals surface area contributed by atoms with Crippen molar-refractivity contribution in [1.82, 2.24) is 0 Å². The van der Waals surface area contributed by atoms with Gasteiger partial charge in [-0.3, -0.25) is 0 Å². The third kappa shape index (κ3) is 1.23. The molecule has 2 nitrogen and oxygen atoms in total. The minimum Gasteiger partial charge on any atom is -0.367 e. The molecule has 2 fully saturated rings. The van der Waals surface area contributed by atoms with Crippen LogP contribution in [0, 0.1) is 5.92 Å². The van der Waals surface area contributed by atoms with Gasteiger partial charge in [-0.1, -0.05) is 6.92 Å². The van der Waals surface area contributed by atoms with Crippen molar-refractivity contribution < 1.29 is 9.47 Å². The summed E-state index contributed by atoms with van der Waals surface area (Å²) < 4.78 is 12.1. The minimum absolute atomic E-state index is 0.158. The van der Waals surface area contributed by atoms with Gasteiger partial charge in [0.05, 0.1) is 23.4 Å². The molecule has 2 rings (SSSR count). The van der Waals surface area contributed by atoms with E-state index in [1.807, 2.05) is 0 Å². The summed E-state index contributed by atoms with van der Waals surface area (Å²) in [4.78, 5) is 0. The molecule has 1 saturated heterocycles. The predicted molar refractivity (Wildman–Crippen MR) is 51.7 cm³/mol. The Balaban J connectivity index is 2.15. The normalized spacial score (nSPS) is 46.4. The Hall–Kier alpha value is -0.0800. The second-order valence-corrected chi connectivity index (χ2v) is 5.47. The molecular formula is C11H20O2. The van der Waals surface area contributed by atoms with Crippen molar-refractivity contribution in [2.24, 2.45) is 5.92 Å². The summed E-state index contributed by atoms with van der Waals surface area (Å²) >= 11 is 0. The highest BCUT2D eigenvalue weighted by atomic mass is 16.6. The lowest BCUT2D eigenvalue weighted by atomic mass is 9.75. The molecule has 0 amide bonds. The van der Waals surface area contributed by atoms with Gasteiger partial charge in [-0.15, -0.1) is 0 Å². The number of ether oxygens (including phenoxy) is 2. The van der Waals surface area contributed by atoms with E-state index in [0.29, 0.717) is 18.1 Å². The fraction of sp³-hybridized carbons (Fsp3) is 1.00. The molecule has 76 valence electrons. The van der Waals surface area contributed by atoms with Crippen LogP contribution in [-0.2, 0) is 9.47 Å². The van der Waals surface area contributed by atoms with Crippen molar-refractivity contribution in [3.8, 4) is 0 Å². The molecule has 3 atom stereocenters. The molecule has 2 aliphatic rings. The smallest absolute Gasteiger partial charge is 0.0914 e. The van der Waals surface area contributed by atoms with E-state index in [1.165, 1.54) is 0 Å². The standard InChI is InChI=1S/C11H20O2/c1-7-6-8-9(7)13-11(4,5)10(2,3)12-8/h7-9H,6H2,1-5H3. The molecule has 0 bridgehead atoms. The van der Waals surface area contributed by atoms with Crippen molar-refractivity contribution >= 4 is 0 Å². The van der Waals surface area contributed by atoms with Gasteiger partial charge in [0.15, 0.2) is 0 Å². The Morgan fingerprint density at radius 3 is 2.08 bits per heavy atom. The topological polar surface area (TPSA) is 18.5 Å². The first kappa shape index (κ1) is 9.47. The average molecular weight is 184 g/mol. The van der Waals surface area contributed by atoms with E-state index in [2.05, 4.69) is 34.6 Å². The highest BCUT2D eigenvalue weighted by molar-refractivity contribution is 5.02. The van der Waals surface area contributed by atoms with E-state index in [0.717, 1.165) is 6.42 Å². The lowest BCUT2D eigenvalue weighted by molar-refractivity contribution is -0.336. The van der Waals surface area contributed by atoms with Crippen LogP contribution in [0.2, 0.25) is 0 Å². The van der Waals surface area contributed by atoms with Gasteiger partial charge >= 0.3 is 0 Å². The van der Waals surface area contributed by atoms with Crippen molar-refractivity contribution in [2.75, 3.05) is 0 Å². The van der Waals surface area contributed by atoms with Crippen LogP contribution >= 0.6 is 0 Å². The van der Waals surface area contributed by atoms with E-state index in [9.17, 15) is 0 Å². The van der Waals surface area contributed by atoms with Gasteiger partial charge in [-0.25, -0.2) is 0 Å². The highest BCUT2D eigenvalue weighted by Crippen LogP contribution is 2.46. The summed E-state index contributed by atoms with van der Waals surface area (Å²) in [5.74, 6) is 0.667. The van der Waals surface area contributed by atoms with Crippen molar-refractivity contribution in [3.05, 3.63) is 0 Å². The predicted octanol–water partition coefficient (Wildman–Crippen LogP) is 2.37. The SMILES string of the molecule is CC1CC2OC(C)(C)C(C)(C)OC12. The summed E-state index contributed by atoms with van der Waals surface area (Å²) in [6.07, 6.45) is 1.84. The maximum Gasteiger partial charge on any atom is 0.0914 e. The first-order chi connectivity index (χ1) is 5.83. The molecule has 13 heavy (non-hydrogen) atoms. The summed E-state index contributed by atoms with van der Waals surface area (Å²) in [7, 11) is 0. The van der Waals surface area contributed by atoms with Gasteiger partial charge in [0, 0.05) is 0 Å². The Kier molecular flexibility index (Phi) is 1.81. The van der Waals surface area contributed by atoms with Gasteiger partial charge in [0.2, 0.25) is 0 Å². The van der Waals surface area contributed by atoms with Gasteiger partial charge in [0.1, 0.15) is 0 Å². The van der Waals surface area contributed by atoms with Crippen LogP contribution in [0.1, 0.15) is 41.0 Å². The van der Waals surface area contributed by atoms with E-state index in [1.54, 1.807) is 0 Å². The maximum absolute atomic E-state index is 6.08. The molecule has 1 heterocycles. The zero-order valence-corrected chi connectivity index (χ0v) is 9.26. The molecule has 0 aromatic heterocycles. The second kappa shape index (κ2) is 2.48. The number of hydrogen-bond donors (Lipinski definition) is 0. The summed E-state index contributed by atoms with van der Waals surface area (Å²) in [5.41, 5.74) is -0.322. The van der Waals surface area contributed by atoms with Crippen LogP contribution in [0.4, 0.5) is 0 Å². The summed E-state index contributed by atoms with van der Waals surface area (Å²) in [5, 5.41) is 0. The average Bonchev–Trinajstić information content (AvgIpc) is 1.97. The second-order valence-electron chi connectivity index (χ2n) is 5.47. The Labute approximate surface area is 80.6 Å². The van der Waals surface area contributed by atoms with Crippen LogP contribution < -0.4 is 0 Å². The van der Waals surface area contributed by atoms with Crippen LogP contribution in [0.3, 0.4) is 0 Å². The minimum atomic E-state index is -0.164. The van der Waals surface area contributed by atoms with E-state index < -0.39 is 0 Å². The first-order valence-electron chi connectivity index (χ1n) is 5.19. The molecular weight excluding hydrogens is 164 g/mol. The molecule has 0 N–H and O–H groups in total. The van der Waals surface area contributed by atoms with Crippen LogP contribution in [0.15, 0.2) is 0 Å². The molecule has 0 spiro atoms. The zero-order valence-electron chi connectivity index (χ0n) is 9.26. The van der Waals surface area contributed by atoms with Crippen molar-refractivity contribution in [3.63, 3.8) is 0 Å². The van der Waals surface area contributed by atoms with Gasteiger partial charge in [-0.05, 0) is 40.0 Å². The van der Waals surface area contributed by atoms with Crippen molar-refractivity contribution in [2.45, 2.75) is 64.4 Å². The Morgan fingerprint density at radius 1 is 1.00 bits per heavy atom. The van der Waals surface area contributed by atoms with Crippen molar-refractivity contribution in [1.29, 1.82) is 0 Å². The summed E-state index contributed by atoms with van der Waals surface area (Å²) in [6, 6.07) is 0. The largest absolute Gasteiger partial charge is 0.367 e. The molecule has 1 aliphatic carbocycles. The third-order valence-corrected chi connectivity index (χ3v) is 3.86. The van der Waals surface area contributed by atoms with E-state index in [4.69, 9.17) is 9.47 Å². The highest BCUT2D eigenvalue weighted by Gasteiger charge is 2.55. The maximum atomic E-state index is 6.08. The molecule has 2 heteroatoms. The quantitative estimate of drug-likeness (QED) is 0.575. The van der Waals surface area contributed by atoms with Crippen LogP contribution in [0.5, 0.6) is 0 Å². The monoisotopic (exact) mass is 184 g/mol. The number of rotatable bonds is 0. The molecule has 0 aromatic rings. The number of hydrogen-bond acceptors (Lipinski definition) is 2.